The highest BCUT2D eigenvalue weighted by Gasteiger charge is 2.23. The third kappa shape index (κ3) is 18.3. The molecule has 0 radical (unpaired) electrons. The largest absolute Gasteiger partial charge is 0.756 e. The summed E-state index contributed by atoms with van der Waals surface area (Å²) in [6, 6.07) is 0. The maximum atomic E-state index is 10.9. The highest BCUT2D eigenvalue weighted by atomic mass is 31.2. The van der Waals surface area contributed by atoms with Crippen molar-refractivity contribution in [2.45, 2.75) is 79.8 Å². The van der Waals surface area contributed by atoms with Gasteiger partial charge >= 0.3 is 7.82 Å². The van der Waals surface area contributed by atoms with Gasteiger partial charge in [-0.05, 0) is 55.4 Å². The van der Waals surface area contributed by atoms with Crippen LogP contribution < -0.4 is 4.89 Å². The fourth-order valence-electron chi connectivity index (χ4n) is 1.10. The fourth-order valence-corrected chi connectivity index (χ4v) is 3.30. The van der Waals surface area contributed by atoms with E-state index in [9.17, 15) is 14.0 Å². The van der Waals surface area contributed by atoms with Gasteiger partial charge in [-0.1, -0.05) is 0 Å². The molecule has 0 bridgehead atoms. The molecule has 22 heavy (non-hydrogen) atoms. The van der Waals surface area contributed by atoms with Gasteiger partial charge < -0.3 is 18.8 Å². The van der Waals surface area contributed by atoms with Gasteiger partial charge in [-0.2, -0.15) is 0 Å². The molecule has 0 amide bonds. The summed E-state index contributed by atoms with van der Waals surface area (Å²) in [7, 11) is -7.86. The van der Waals surface area contributed by atoms with Crippen LogP contribution in [0.2, 0.25) is 0 Å². The molecule has 0 aliphatic carbocycles. The molecule has 0 saturated heterocycles. The molecule has 0 aromatic carbocycles. The number of rotatable bonds is 8. The van der Waals surface area contributed by atoms with Gasteiger partial charge in [0.15, 0.2) is 0 Å². The summed E-state index contributed by atoms with van der Waals surface area (Å²) in [6.45, 7) is 13.2. The lowest BCUT2D eigenvalue weighted by atomic mass is 10.5. The van der Waals surface area contributed by atoms with Gasteiger partial charge in [0.05, 0.1) is 24.4 Å². The van der Waals surface area contributed by atoms with Crippen LogP contribution in [0.3, 0.4) is 0 Å². The Kier molecular flexibility index (Phi) is 12.1. The van der Waals surface area contributed by atoms with E-state index in [1.54, 1.807) is 55.4 Å². The maximum Gasteiger partial charge on any atom is 0.472 e. The Morgan fingerprint density at radius 3 is 1.09 bits per heavy atom. The minimum atomic E-state index is -4.05. The van der Waals surface area contributed by atoms with E-state index in [-0.39, 0.29) is 24.4 Å². The molecule has 0 aromatic rings. The summed E-state index contributed by atoms with van der Waals surface area (Å²) in [6.07, 6.45) is -1.33. The average molecular weight is 363 g/mol. The summed E-state index contributed by atoms with van der Waals surface area (Å²) in [5.74, 6) is 0. The summed E-state index contributed by atoms with van der Waals surface area (Å²) < 4.78 is 40.1. The Morgan fingerprint density at radius 2 is 0.909 bits per heavy atom. The van der Waals surface area contributed by atoms with Crippen molar-refractivity contribution in [3.05, 3.63) is 0 Å². The third-order valence-electron chi connectivity index (χ3n) is 1.37. The second kappa shape index (κ2) is 10.9. The monoisotopic (exact) mass is 363 g/mol. The number of phosphoric ester groups is 2. The first kappa shape index (κ1) is 24.5. The molecule has 0 spiro atoms. The van der Waals surface area contributed by atoms with Gasteiger partial charge in [-0.3, -0.25) is 13.6 Å². The van der Waals surface area contributed by atoms with Crippen LogP contribution in [-0.4, -0.2) is 29.3 Å². The van der Waals surface area contributed by atoms with E-state index in [1.807, 2.05) is 0 Å². The highest BCUT2D eigenvalue weighted by molar-refractivity contribution is 7.47. The van der Waals surface area contributed by atoms with Crippen molar-refractivity contribution < 1.29 is 37.0 Å². The first-order chi connectivity index (χ1) is 9.67. The normalized spacial score (nSPS) is 13.0. The standard InChI is InChI=1S/2C6H15O4P/c2*1-5(2)9-11(7,8)10-6(3)4/h2*5-6H,1-4H3,(H,7,8)/p-1. The Morgan fingerprint density at radius 1 is 0.682 bits per heavy atom. The second-order valence-corrected chi connectivity index (χ2v) is 8.21. The highest BCUT2D eigenvalue weighted by Crippen LogP contribution is 2.45. The van der Waals surface area contributed by atoms with Crippen LogP contribution in [0.4, 0.5) is 0 Å². The van der Waals surface area contributed by atoms with Gasteiger partial charge in [0.1, 0.15) is 0 Å². The van der Waals surface area contributed by atoms with E-state index in [2.05, 4.69) is 18.1 Å². The predicted octanol–water partition coefficient (Wildman–Crippen LogP) is 3.24. The first-order valence-corrected chi connectivity index (χ1v) is 10.00. The number of hydrogen-bond donors (Lipinski definition) is 1. The summed E-state index contributed by atoms with van der Waals surface area (Å²) >= 11 is 0. The molecule has 8 nitrogen and oxygen atoms in total. The Hall–Kier alpha value is 0.220. The molecule has 0 aliphatic heterocycles. The number of phosphoric acid groups is 2. The molecule has 10 heteroatoms. The molecule has 0 rings (SSSR count). The van der Waals surface area contributed by atoms with Crippen LogP contribution in [0.15, 0.2) is 0 Å². The van der Waals surface area contributed by atoms with Crippen LogP contribution in [0.25, 0.3) is 0 Å². The average Bonchev–Trinajstić information content (AvgIpc) is 2.06. The van der Waals surface area contributed by atoms with Gasteiger partial charge in [-0.15, -0.1) is 0 Å². The van der Waals surface area contributed by atoms with Crippen LogP contribution >= 0.6 is 15.6 Å². The SMILES string of the molecule is CC(C)OP(=O)(O)OC(C)C.CC(C)OP(=O)([O-])OC(C)C. The molecule has 0 atom stereocenters. The maximum absolute atomic E-state index is 10.9. The molecule has 0 heterocycles. The molecule has 136 valence electrons. The Labute approximate surface area is 133 Å². The van der Waals surface area contributed by atoms with Crippen molar-refractivity contribution in [3.8, 4) is 0 Å². The van der Waals surface area contributed by atoms with Crippen LogP contribution in [-0.2, 0) is 27.2 Å². The quantitative estimate of drug-likeness (QED) is 0.654. The molecule has 0 aliphatic rings. The Bertz CT molecular complexity index is 317. The van der Waals surface area contributed by atoms with Crippen molar-refractivity contribution in [3.63, 3.8) is 0 Å². The lowest BCUT2D eigenvalue weighted by Crippen LogP contribution is -2.15. The zero-order valence-corrected chi connectivity index (χ0v) is 16.3. The zero-order chi connectivity index (χ0) is 18.1. The molecule has 0 fully saturated rings. The number of hydrogen-bond acceptors (Lipinski definition) is 7. The summed E-state index contributed by atoms with van der Waals surface area (Å²) in [5, 5.41) is 0. The molecule has 1 N–H and O–H groups in total. The van der Waals surface area contributed by atoms with Crippen LogP contribution in [0.1, 0.15) is 55.4 Å². The molecular formula is C12H29O8P2-. The molecule has 0 saturated carbocycles. The second-order valence-electron chi connectivity index (χ2n) is 5.53. The van der Waals surface area contributed by atoms with Gasteiger partial charge in [0.25, 0.3) is 7.82 Å². The van der Waals surface area contributed by atoms with Crippen LogP contribution in [0.5, 0.6) is 0 Å². The lowest BCUT2D eigenvalue weighted by molar-refractivity contribution is -0.231. The van der Waals surface area contributed by atoms with Crippen LogP contribution in [0, 0.1) is 0 Å². The topological polar surface area (TPSA) is 114 Å². The van der Waals surface area contributed by atoms with Gasteiger partial charge in [0, 0.05) is 0 Å². The van der Waals surface area contributed by atoms with E-state index in [4.69, 9.17) is 4.89 Å². The van der Waals surface area contributed by atoms with Gasteiger partial charge in [0.2, 0.25) is 0 Å². The third-order valence-corrected chi connectivity index (χ3v) is 4.10. The van der Waals surface area contributed by atoms with Gasteiger partial charge in [-0.25, -0.2) is 4.57 Å². The van der Waals surface area contributed by atoms with E-state index in [0.29, 0.717) is 0 Å². The fraction of sp³-hybridized carbons (Fsp3) is 1.00. The van der Waals surface area contributed by atoms with Crippen molar-refractivity contribution in [1.82, 2.24) is 0 Å². The summed E-state index contributed by atoms with van der Waals surface area (Å²) in [4.78, 5) is 19.8. The minimum Gasteiger partial charge on any atom is -0.756 e. The predicted molar refractivity (Wildman–Crippen MR) is 82.3 cm³/mol. The van der Waals surface area contributed by atoms with E-state index in [1.165, 1.54) is 0 Å². The molecule has 0 unspecified atom stereocenters. The molecule has 0 aromatic heterocycles. The van der Waals surface area contributed by atoms with Crippen molar-refractivity contribution in [1.29, 1.82) is 0 Å². The van der Waals surface area contributed by atoms with Crippen molar-refractivity contribution in [2.24, 2.45) is 0 Å². The van der Waals surface area contributed by atoms with E-state index < -0.39 is 15.6 Å². The first-order valence-electron chi connectivity index (χ1n) is 7.04. The van der Waals surface area contributed by atoms with Crippen molar-refractivity contribution in [2.75, 3.05) is 0 Å². The van der Waals surface area contributed by atoms with E-state index in [0.717, 1.165) is 0 Å². The minimum absolute atomic E-state index is 0.301. The smallest absolute Gasteiger partial charge is 0.472 e. The van der Waals surface area contributed by atoms with E-state index >= 15 is 0 Å². The summed E-state index contributed by atoms with van der Waals surface area (Å²) in [5.41, 5.74) is 0. The molecular weight excluding hydrogens is 334 g/mol. The zero-order valence-electron chi connectivity index (χ0n) is 14.5. The Balaban J connectivity index is 0. The lowest BCUT2D eigenvalue weighted by Gasteiger charge is -2.26. The van der Waals surface area contributed by atoms with Crippen molar-refractivity contribution >= 4 is 15.6 Å².